The summed E-state index contributed by atoms with van der Waals surface area (Å²) in [6.45, 7) is 4.38. The highest BCUT2D eigenvalue weighted by Crippen LogP contribution is 2.39. The van der Waals surface area contributed by atoms with Crippen LogP contribution in [-0.4, -0.2) is 20.6 Å². The summed E-state index contributed by atoms with van der Waals surface area (Å²) in [5.41, 5.74) is 2.28. The van der Waals surface area contributed by atoms with E-state index in [1.165, 1.54) is 12.8 Å². The number of imidazole rings is 1. The second-order valence-electron chi connectivity index (χ2n) is 5.93. The van der Waals surface area contributed by atoms with Crippen molar-refractivity contribution in [2.75, 3.05) is 0 Å². The lowest BCUT2D eigenvalue weighted by molar-refractivity contribution is 0.0697. The lowest BCUT2D eigenvalue weighted by atomic mass is 9.99. The Kier molecular flexibility index (Phi) is 3.04. The van der Waals surface area contributed by atoms with Crippen molar-refractivity contribution in [3.05, 3.63) is 29.6 Å². The van der Waals surface area contributed by atoms with E-state index in [-0.39, 0.29) is 5.54 Å². The van der Waals surface area contributed by atoms with Crippen molar-refractivity contribution in [1.29, 1.82) is 0 Å². The van der Waals surface area contributed by atoms with Crippen molar-refractivity contribution < 1.29 is 9.90 Å². The highest BCUT2D eigenvalue weighted by Gasteiger charge is 2.33. The number of hydrogen-bond acceptors (Lipinski definition) is 2. The summed E-state index contributed by atoms with van der Waals surface area (Å²) >= 11 is 0. The van der Waals surface area contributed by atoms with Crippen LogP contribution in [-0.2, 0) is 12.0 Å². The molecule has 1 aromatic carbocycles. The second kappa shape index (κ2) is 4.62. The molecule has 1 aromatic heterocycles. The molecule has 20 heavy (non-hydrogen) atoms. The van der Waals surface area contributed by atoms with E-state index in [1.54, 1.807) is 12.1 Å². The number of carbonyl (C=O) groups is 1. The molecule has 2 aromatic rings. The number of hydrogen-bond donors (Lipinski definition) is 1. The molecular formula is C16H20N2O2. The van der Waals surface area contributed by atoms with Crippen LogP contribution in [0.4, 0.5) is 0 Å². The summed E-state index contributed by atoms with van der Waals surface area (Å²) in [4.78, 5) is 15.9. The molecule has 1 aliphatic carbocycles. The summed E-state index contributed by atoms with van der Waals surface area (Å²) in [5, 5.41) is 9.20. The minimum Gasteiger partial charge on any atom is -0.478 e. The third-order valence-electron chi connectivity index (χ3n) is 4.51. The van der Waals surface area contributed by atoms with Gasteiger partial charge in [0.05, 0.1) is 16.6 Å². The number of carboxylic acid groups (broad SMARTS) is 1. The Morgan fingerprint density at radius 2 is 2.10 bits per heavy atom. The zero-order valence-electron chi connectivity index (χ0n) is 12.0. The predicted octanol–water partition coefficient (Wildman–Crippen LogP) is 3.59. The van der Waals surface area contributed by atoms with Crippen LogP contribution in [0.15, 0.2) is 18.2 Å². The number of aromatic nitrogens is 2. The van der Waals surface area contributed by atoms with Gasteiger partial charge in [-0.3, -0.25) is 0 Å². The summed E-state index contributed by atoms with van der Waals surface area (Å²) in [7, 11) is 0. The molecule has 106 valence electrons. The lowest BCUT2D eigenvalue weighted by Gasteiger charge is -2.28. The highest BCUT2D eigenvalue weighted by atomic mass is 16.4. The quantitative estimate of drug-likeness (QED) is 0.929. The van der Waals surface area contributed by atoms with Crippen LogP contribution >= 0.6 is 0 Å². The Morgan fingerprint density at radius 1 is 1.40 bits per heavy atom. The monoisotopic (exact) mass is 272 g/mol. The number of nitrogens with zero attached hydrogens (tertiary/aromatic N) is 2. The van der Waals surface area contributed by atoms with E-state index in [1.807, 2.05) is 6.07 Å². The van der Waals surface area contributed by atoms with Crippen molar-refractivity contribution >= 4 is 17.0 Å². The maximum Gasteiger partial charge on any atom is 0.335 e. The zero-order chi connectivity index (χ0) is 14.3. The van der Waals surface area contributed by atoms with Crippen LogP contribution in [0.1, 0.15) is 55.7 Å². The second-order valence-corrected chi connectivity index (χ2v) is 5.93. The van der Waals surface area contributed by atoms with Gasteiger partial charge in [-0.1, -0.05) is 19.8 Å². The first kappa shape index (κ1) is 13.2. The molecule has 4 nitrogen and oxygen atoms in total. The van der Waals surface area contributed by atoms with Crippen molar-refractivity contribution in [1.82, 2.24) is 9.55 Å². The predicted molar refractivity (Wildman–Crippen MR) is 78.2 cm³/mol. The third-order valence-corrected chi connectivity index (χ3v) is 4.51. The standard InChI is InChI=1S/C16H20N2O2/c1-3-14-17-12-7-6-11(15(19)20)10-13(12)18(14)16(2)8-4-5-9-16/h6-7,10H,3-5,8-9H2,1-2H3,(H,19,20). The molecule has 3 rings (SSSR count). The average Bonchev–Trinajstić information content (AvgIpc) is 3.01. The van der Waals surface area contributed by atoms with Crippen molar-refractivity contribution in [2.24, 2.45) is 0 Å². The Morgan fingerprint density at radius 3 is 2.70 bits per heavy atom. The molecule has 0 unspecified atom stereocenters. The van der Waals surface area contributed by atoms with Gasteiger partial charge in [-0.15, -0.1) is 0 Å². The number of rotatable bonds is 3. The number of aryl methyl sites for hydroxylation is 1. The minimum absolute atomic E-state index is 0.0806. The van der Waals surface area contributed by atoms with Gasteiger partial charge in [0, 0.05) is 12.0 Å². The van der Waals surface area contributed by atoms with E-state index in [0.717, 1.165) is 36.1 Å². The SMILES string of the molecule is CCc1nc2ccc(C(=O)O)cc2n1C1(C)CCCC1. The fourth-order valence-electron chi connectivity index (χ4n) is 3.46. The van der Waals surface area contributed by atoms with Crippen LogP contribution in [0.2, 0.25) is 0 Å². The topological polar surface area (TPSA) is 55.1 Å². The minimum atomic E-state index is -0.880. The fourth-order valence-corrected chi connectivity index (χ4v) is 3.46. The molecule has 0 aliphatic heterocycles. The molecule has 0 radical (unpaired) electrons. The van der Waals surface area contributed by atoms with E-state index in [4.69, 9.17) is 4.98 Å². The number of benzene rings is 1. The Hall–Kier alpha value is -1.84. The summed E-state index contributed by atoms with van der Waals surface area (Å²) < 4.78 is 2.29. The number of fused-ring (bicyclic) bond motifs is 1. The average molecular weight is 272 g/mol. The molecule has 1 fully saturated rings. The van der Waals surface area contributed by atoms with Gasteiger partial charge in [0.15, 0.2) is 0 Å². The first-order valence-electron chi connectivity index (χ1n) is 7.30. The molecule has 0 amide bonds. The smallest absolute Gasteiger partial charge is 0.335 e. The molecular weight excluding hydrogens is 252 g/mol. The lowest BCUT2D eigenvalue weighted by Crippen LogP contribution is -2.28. The van der Waals surface area contributed by atoms with E-state index in [0.29, 0.717) is 5.56 Å². The molecule has 1 aliphatic rings. The van der Waals surface area contributed by atoms with Gasteiger partial charge < -0.3 is 9.67 Å². The van der Waals surface area contributed by atoms with Crippen LogP contribution < -0.4 is 0 Å². The maximum atomic E-state index is 11.2. The van der Waals surface area contributed by atoms with Gasteiger partial charge in [0.1, 0.15) is 5.82 Å². The normalized spacial score (nSPS) is 17.7. The molecule has 0 bridgehead atoms. The highest BCUT2D eigenvalue weighted by molar-refractivity contribution is 5.92. The Labute approximate surface area is 118 Å². The van der Waals surface area contributed by atoms with Crippen LogP contribution in [0, 0.1) is 0 Å². The van der Waals surface area contributed by atoms with E-state index in [9.17, 15) is 9.90 Å². The molecule has 4 heteroatoms. The van der Waals surface area contributed by atoms with Crippen molar-refractivity contribution in [3.63, 3.8) is 0 Å². The first-order chi connectivity index (χ1) is 9.55. The maximum absolute atomic E-state index is 11.2. The van der Waals surface area contributed by atoms with Gasteiger partial charge in [-0.25, -0.2) is 9.78 Å². The van der Waals surface area contributed by atoms with Gasteiger partial charge in [-0.2, -0.15) is 0 Å². The van der Waals surface area contributed by atoms with E-state index in [2.05, 4.69) is 18.4 Å². The molecule has 0 spiro atoms. The van der Waals surface area contributed by atoms with Gasteiger partial charge in [0.25, 0.3) is 0 Å². The van der Waals surface area contributed by atoms with Crippen LogP contribution in [0.25, 0.3) is 11.0 Å². The van der Waals surface area contributed by atoms with Crippen LogP contribution in [0.5, 0.6) is 0 Å². The van der Waals surface area contributed by atoms with E-state index >= 15 is 0 Å². The molecule has 0 atom stereocenters. The summed E-state index contributed by atoms with van der Waals surface area (Å²) in [6.07, 6.45) is 5.62. The van der Waals surface area contributed by atoms with Crippen molar-refractivity contribution in [2.45, 2.75) is 51.5 Å². The van der Waals surface area contributed by atoms with Gasteiger partial charge in [-0.05, 0) is 38.0 Å². The Balaban J connectivity index is 2.26. The van der Waals surface area contributed by atoms with Gasteiger partial charge in [0.2, 0.25) is 0 Å². The van der Waals surface area contributed by atoms with Crippen LogP contribution in [0.3, 0.4) is 0 Å². The zero-order valence-corrected chi connectivity index (χ0v) is 12.0. The number of carboxylic acids is 1. The molecule has 1 N–H and O–H groups in total. The molecule has 0 saturated heterocycles. The van der Waals surface area contributed by atoms with Gasteiger partial charge >= 0.3 is 5.97 Å². The Bertz CT molecular complexity index is 666. The fraction of sp³-hybridized carbons (Fsp3) is 0.500. The largest absolute Gasteiger partial charge is 0.478 e. The molecule has 1 heterocycles. The third kappa shape index (κ3) is 1.90. The summed E-state index contributed by atoms with van der Waals surface area (Å²) in [5.74, 6) is 0.182. The van der Waals surface area contributed by atoms with E-state index < -0.39 is 5.97 Å². The van der Waals surface area contributed by atoms with Crippen molar-refractivity contribution in [3.8, 4) is 0 Å². The number of aromatic carboxylic acids is 1. The first-order valence-corrected chi connectivity index (χ1v) is 7.30. The molecule has 1 saturated carbocycles. The summed E-state index contributed by atoms with van der Waals surface area (Å²) in [6, 6.07) is 5.23.